The third kappa shape index (κ3) is 3.07. The predicted molar refractivity (Wildman–Crippen MR) is 80.2 cm³/mol. The molecular weight excluding hydrogens is 266 g/mol. The number of carbonyl (C=O) groups is 1. The number of hydrogen-bond acceptors (Lipinski definition) is 4. The van der Waals surface area contributed by atoms with Gasteiger partial charge in [-0.15, -0.1) is 0 Å². The molecule has 2 aromatic rings. The molecule has 2 aromatic heterocycles. The van der Waals surface area contributed by atoms with Gasteiger partial charge in [0.2, 0.25) is 0 Å². The molecule has 1 N–H and O–H groups in total. The van der Waals surface area contributed by atoms with E-state index in [1.54, 1.807) is 12.1 Å². The average Bonchev–Trinajstić information content (AvgIpc) is 3.16. The van der Waals surface area contributed by atoms with Gasteiger partial charge < -0.3 is 14.6 Å². The monoisotopic (exact) mass is 285 g/mol. The van der Waals surface area contributed by atoms with E-state index in [9.17, 15) is 4.79 Å². The zero-order valence-corrected chi connectivity index (χ0v) is 12.1. The first-order valence-electron chi connectivity index (χ1n) is 7.26. The van der Waals surface area contributed by atoms with Crippen molar-refractivity contribution in [2.45, 2.75) is 25.8 Å². The minimum Gasteiger partial charge on any atom is -0.459 e. The third-order valence-electron chi connectivity index (χ3n) is 3.78. The molecule has 1 atom stereocenters. The van der Waals surface area contributed by atoms with E-state index in [0.29, 0.717) is 12.3 Å². The van der Waals surface area contributed by atoms with Crippen LogP contribution in [0.25, 0.3) is 0 Å². The summed E-state index contributed by atoms with van der Waals surface area (Å²) in [5.41, 5.74) is 0.981. The zero-order chi connectivity index (χ0) is 14.7. The highest BCUT2D eigenvalue weighted by molar-refractivity contribution is 5.91. The fraction of sp³-hybridized carbons (Fsp3) is 0.375. The highest BCUT2D eigenvalue weighted by Crippen LogP contribution is 2.20. The summed E-state index contributed by atoms with van der Waals surface area (Å²) in [6, 6.07) is 9.53. The van der Waals surface area contributed by atoms with Crippen LogP contribution in [-0.4, -0.2) is 34.9 Å². The topological polar surface area (TPSA) is 58.4 Å². The van der Waals surface area contributed by atoms with Gasteiger partial charge in [0.15, 0.2) is 5.76 Å². The lowest BCUT2D eigenvalue weighted by Gasteiger charge is -2.24. The van der Waals surface area contributed by atoms with Gasteiger partial charge in [-0.3, -0.25) is 4.79 Å². The van der Waals surface area contributed by atoms with Crippen LogP contribution in [0.1, 0.15) is 29.1 Å². The van der Waals surface area contributed by atoms with Crippen molar-refractivity contribution < 1.29 is 9.21 Å². The van der Waals surface area contributed by atoms with Crippen LogP contribution >= 0.6 is 0 Å². The number of amides is 1. The van der Waals surface area contributed by atoms with E-state index in [1.165, 1.54) is 6.26 Å². The van der Waals surface area contributed by atoms with E-state index in [-0.39, 0.29) is 11.9 Å². The Labute approximate surface area is 124 Å². The molecule has 0 spiro atoms. The lowest BCUT2D eigenvalue weighted by atomic mass is 10.2. The summed E-state index contributed by atoms with van der Waals surface area (Å²) in [5.74, 6) is 1.24. The van der Waals surface area contributed by atoms with Gasteiger partial charge in [0.1, 0.15) is 5.82 Å². The second-order valence-electron chi connectivity index (χ2n) is 5.32. The van der Waals surface area contributed by atoms with Gasteiger partial charge in [-0.1, -0.05) is 6.07 Å². The minimum atomic E-state index is -0.0264. The molecule has 0 aliphatic carbocycles. The largest absolute Gasteiger partial charge is 0.459 e. The van der Waals surface area contributed by atoms with Crippen LogP contribution < -0.4 is 5.32 Å². The van der Waals surface area contributed by atoms with Crippen molar-refractivity contribution in [3.63, 3.8) is 0 Å². The highest BCUT2D eigenvalue weighted by atomic mass is 16.3. The first-order valence-corrected chi connectivity index (χ1v) is 7.26. The minimum absolute atomic E-state index is 0.0264. The Morgan fingerprint density at radius 1 is 1.43 bits per heavy atom. The van der Waals surface area contributed by atoms with Crippen LogP contribution in [0.5, 0.6) is 0 Å². The summed E-state index contributed by atoms with van der Waals surface area (Å²) in [7, 11) is 0. The van der Waals surface area contributed by atoms with E-state index in [0.717, 1.165) is 30.9 Å². The molecule has 0 aromatic carbocycles. The van der Waals surface area contributed by atoms with Gasteiger partial charge in [-0.05, 0) is 44.0 Å². The molecule has 5 nitrogen and oxygen atoms in total. The standard InChI is InChI=1S/C16H19N3O2/c1-12-5-2-8-15(18-12)17-11-13-6-3-9-19(13)16(20)14-7-4-10-21-14/h2,4-5,7-8,10,13H,3,6,9,11H2,1H3,(H,17,18). The Morgan fingerprint density at radius 3 is 3.10 bits per heavy atom. The van der Waals surface area contributed by atoms with Gasteiger partial charge >= 0.3 is 0 Å². The van der Waals surface area contributed by atoms with Crippen LogP contribution in [0.15, 0.2) is 41.0 Å². The fourth-order valence-corrected chi connectivity index (χ4v) is 2.72. The Bertz CT molecular complexity index is 610. The van der Waals surface area contributed by atoms with Crippen molar-refractivity contribution in [1.82, 2.24) is 9.88 Å². The molecule has 3 heterocycles. The number of pyridine rings is 1. The summed E-state index contributed by atoms with van der Waals surface area (Å²) in [6.07, 6.45) is 3.57. The Morgan fingerprint density at radius 2 is 2.33 bits per heavy atom. The van der Waals surface area contributed by atoms with E-state index in [4.69, 9.17) is 4.42 Å². The molecule has 110 valence electrons. The maximum Gasteiger partial charge on any atom is 0.289 e. The summed E-state index contributed by atoms with van der Waals surface area (Å²) in [5, 5.41) is 3.32. The van der Waals surface area contributed by atoms with Crippen LogP contribution in [0.4, 0.5) is 5.82 Å². The Hall–Kier alpha value is -2.30. The van der Waals surface area contributed by atoms with Crippen LogP contribution in [0.2, 0.25) is 0 Å². The number of anilines is 1. The van der Waals surface area contributed by atoms with Crippen molar-refractivity contribution in [3.8, 4) is 0 Å². The van der Waals surface area contributed by atoms with Crippen molar-refractivity contribution in [2.24, 2.45) is 0 Å². The molecule has 1 fully saturated rings. The first-order chi connectivity index (χ1) is 10.2. The van der Waals surface area contributed by atoms with Gasteiger partial charge in [-0.2, -0.15) is 0 Å². The maximum absolute atomic E-state index is 12.4. The second-order valence-corrected chi connectivity index (χ2v) is 5.32. The molecule has 0 bridgehead atoms. The summed E-state index contributed by atoms with van der Waals surface area (Å²) in [6.45, 7) is 3.46. The number of hydrogen-bond donors (Lipinski definition) is 1. The number of furan rings is 1. The molecule has 3 rings (SSSR count). The number of nitrogens with one attached hydrogen (secondary N) is 1. The van der Waals surface area contributed by atoms with E-state index >= 15 is 0 Å². The van der Waals surface area contributed by atoms with Gasteiger partial charge in [0, 0.05) is 24.8 Å². The van der Waals surface area contributed by atoms with Crippen molar-refractivity contribution in [3.05, 3.63) is 48.0 Å². The predicted octanol–water partition coefficient (Wildman–Crippen LogP) is 2.70. The quantitative estimate of drug-likeness (QED) is 0.938. The molecule has 0 saturated carbocycles. The molecule has 1 aliphatic rings. The van der Waals surface area contributed by atoms with Crippen molar-refractivity contribution >= 4 is 11.7 Å². The number of rotatable bonds is 4. The van der Waals surface area contributed by atoms with Gasteiger partial charge in [0.25, 0.3) is 5.91 Å². The molecule has 21 heavy (non-hydrogen) atoms. The second kappa shape index (κ2) is 5.99. The lowest BCUT2D eigenvalue weighted by Crippen LogP contribution is -2.39. The van der Waals surface area contributed by atoms with E-state index in [1.807, 2.05) is 30.0 Å². The van der Waals surface area contributed by atoms with Gasteiger partial charge in [0.05, 0.1) is 6.26 Å². The number of nitrogens with zero attached hydrogens (tertiary/aromatic N) is 2. The van der Waals surface area contributed by atoms with Crippen LogP contribution in [0.3, 0.4) is 0 Å². The van der Waals surface area contributed by atoms with Crippen LogP contribution in [0, 0.1) is 6.92 Å². The molecule has 1 saturated heterocycles. The van der Waals surface area contributed by atoms with Gasteiger partial charge in [-0.25, -0.2) is 4.98 Å². The lowest BCUT2D eigenvalue weighted by molar-refractivity contribution is 0.0711. The molecular formula is C16H19N3O2. The van der Waals surface area contributed by atoms with E-state index in [2.05, 4.69) is 10.3 Å². The highest BCUT2D eigenvalue weighted by Gasteiger charge is 2.30. The zero-order valence-electron chi connectivity index (χ0n) is 12.1. The smallest absolute Gasteiger partial charge is 0.289 e. The Balaban J connectivity index is 1.63. The summed E-state index contributed by atoms with van der Waals surface area (Å²) < 4.78 is 5.21. The first kappa shape index (κ1) is 13.7. The molecule has 1 aliphatic heterocycles. The normalized spacial score (nSPS) is 18.0. The van der Waals surface area contributed by atoms with Crippen LogP contribution in [-0.2, 0) is 0 Å². The van der Waals surface area contributed by atoms with Crippen molar-refractivity contribution in [2.75, 3.05) is 18.4 Å². The number of aromatic nitrogens is 1. The average molecular weight is 285 g/mol. The van der Waals surface area contributed by atoms with E-state index < -0.39 is 0 Å². The molecule has 1 unspecified atom stereocenters. The molecule has 1 amide bonds. The summed E-state index contributed by atoms with van der Waals surface area (Å²) in [4.78, 5) is 18.7. The maximum atomic E-state index is 12.4. The number of likely N-dealkylation sites (tertiary alicyclic amines) is 1. The third-order valence-corrected chi connectivity index (χ3v) is 3.78. The molecule has 5 heteroatoms. The SMILES string of the molecule is Cc1cccc(NCC2CCCN2C(=O)c2ccco2)n1. The fourth-order valence-electron chi connectivity index (χ4n) is 2.72. The van der Waals surface area contributed by atoms with Crippen molar-refractivity contribution in [1.29, 1.82) is 0 Å². The summed E-state index contributed by atoms with van der Waals surface area (Å²) >= 11 is 0. The molecule has 0 radical (unpaired) electrons. The number of aryl methyl sites for hydroxylation is 1. The Kier molecular flexibility index (Phi) is 3.90. The number of carbonyl (C=O) groups excluding carboxylic acids is 1.